The van der Waals surface area contributed by atoms with Gasteiger partial charge in [-0.05, 0) is 23.8 Å². The van der Waals surface area contributed by atoms with Crippen LogP contribution < -0.4 is 0 Å². The first-order valence-electron chi connectivity index (χ1n) is 4.78. The molecule has 0 amide bonds. The molecule has 0 spiro atoms. The van der Waals surface area contributed by atoms with Crippen molar-refractivity contribution < 1.29 is 9.90 Å². The summed E-state index contributed by atoms with van der Waals surface area (Å²) in [5, 5.41) is 10.1. The normalized spacial score (nSPS) is 10.9. The van der Waals surface area contributed by atoms with Gasteiger partial charge in [0, 0.05) is 5.02 Å². The van der Waals surface area contributed by atoms with E-state index in [1.807, 2.05) is 18.2 Å². The number of halogens is 1. The molecule has 0 atom stereocenters. The van der Waals surface area contributed by atoms with Crippen molar-refractivity contribution in [3.8, 4) is 0 Å². The maximum absolute atomic E-state index is 10.7. The maximum atomic E-state index is 10.7. The molecule has 0 fully saturated rings. The van der Waals surface area contributed by atoms with Gasteiger partial charge < -0.3 is 5.11 Å². The third-order valence-electron chi connectivity index (χ3n) is 2.02. The number of benzene rings is 1. The lowest BCUT2D eigenvalue weighted by Gasteiger charge is -1.92. The highest BCUT2D eigenvalue weighted by molar-refractivity contribution is 7.14. The Balaban J connectivity index is 2.14. The van der Waals surface area contributed by atoms with Crippen LogP contribution in [0.4, 0.5) is 0 Å². The summed E-state index contributed by atoms with van der Waals surface area (Å²) in [6, 6.07) is 7.35. The SMILES string of the molecule is O=C(O)c1cnc(/C=C/c2ccc(Cl)cc2)s1. The minimum atomic E-state index is -0.950. The summed E-state index contributed by atoms with van der Waals surface area (Å²) < 4.78 is 0. The average molecular weight is 266 g/mol. The number of hydrogen-bond acceptors (Lipinski definition) is 3. The molecule has 5 heteroatoms. The van der Waals surface area contributed by atoms with E-state index in [2.05, 4.69) is 4.98 Å². The van der Waals surface area contributed by atoms with E-state index in [1.54, 1.807) is 18.2 Å². The fraction of sp³-hybridized carbons (Fsp3) is 0. The summed E-state index contributed by atoms with van der Waals surface area (Å²) in [6.45, 7) is 0. The van der Waals surface area contributed by atoms with Crippen LogP contribution in [0, 0.1) is 0 Å². The van der Waals surface area contributed by atoms with Crippen LogP contribution in [0.25, 0.3) is 12.2 Å². The van der Waals surface area contributed by atoms with Crippen molar-refractivity contribution >= 4 is 41.1 Å². The zero-order valence-corrected chi connectivity index (χ0v) is 10.2. The second-order valence-corrected chi connectivity index (χ2v) is 4.75. The number of aromatic carboxylic acids is 1. The van der Waals surface area contributed by atoms with Crippen LogP contribution >= 0.6 is 22.9 Å². The van der Waals surface area contributed by atoms with Gasteiger partial charge >= 0.3 is 5.97 Å². The smallest absolute Gasteiger partial charge is 0.347 e. The number of aromatic nitrogens is 1. The highest BCUT2D eigenvalue weighted by Gasteiger charge is 2.05. The summed E-state index contributed by atoms with van der Waals surface area (Å²) in [6.07, 6.45) is 5.00. The van der Waals surface area contributed by atoms with E-state index in [0.717, 1.165) is 16.9 Å². The van der Waals surface area contributed by atoms with Crippen molar-refractivity contribution in [1.29, 1.82) is 0 Å². The molecule has 0 bridgehead atoms. The van der Waals surface area contributed by atoms with E-state index in [1.165, 1.54) is 6.20 Å². The molecule has 0 aliphatic heterocycles. The van der Waals surface area contributed by atoms with Gasteiger partial charge in [0.2, 0.25) is 0 Å². The molecule has 0 saturated heterocycles. The molecule has 1 aromatic heterocycles. The summed E-state index contributed by atoms with van der Waals surface area (Å²) in [5.41, 5.74) is 0.987. The Morgan fingerprint density at radius 3 is 2.59 bits per heavy atom. The van der Waals surface area contributed by atoms with Crippen LogP contribution in [0.5, 0.6) is 0 Å². The molecule has 1 N–H and O–H groups in total. The summed E-state index contributed by atoms with van der Waals surface area (Å²) in [4.78, 5) is 14.9. The van der Waals surface area contributed by atoms with Gasteiger partial charge in [0.1, 0.15) is 9.88 Å². The highest BCUT2D eigenvalue weighted by Crippen LogP contribution is 2.16. The molecule has 0 aliphatic rings. The third kappa shape index (κ3) is 3.15. The van der Waals surface area contributed by atoms with Gasteiger partial charge in [-0.15, -0.1) is 11.3 Å². The Hall–Kier alpha value is -1.65. The predicted octanol–water partition coefficient (Wildman–Crippen LogP) is 3.67. The molecule has 17 heavy (non-hydrogen) atoms. The van der Waals surface area contributed by atoms with Crippen LogP contribution in [0.1, 0.15) is 20.2 Å². The van der Waals surface area contributed by atoms with E-state index in [9.17, 15) is 4.79 Å². The number of hydrogen-bond donors (Lipinski definition) is 1. The molecule has 0 aliphatic carbocycles. The minimum absolute atomic E-state index is 0.237. The predicted molar refractivity (Wildman–Crippen MR) is 69.5 cm³/mol. The van der Waals surface area contributed by atoms with Crippen LogP contribution in [0.2, 0.25) is 5.02 Å². The molecule has 86 valence electrons. The van der Waals surface area contributed by atoms with Gasteiger partial charge in [0.15, 0.2) is 0 Å². The Morgan fingerprint density at radius 1 is 1.29 bits per heavy atom. The lowest BCUT2D eigenvalue weighted by Crippen LogP contribution is -1.89. The fourth-order valence-electron chi connectivity index (χ4n) is 1.20. The van der Waals surface area contributed by atoms with Gasteiger partial charge in [0.25, 0.3) is 0 Å². The van der Waals surface area contributed by atoms with E-state index >= 15 is 0 Å². The van der Waals surface area contributed by atoms with Gasteiger partial charge in [-0.3, -0.25) is 0 Å². The maximum Gasteiger partial charge on any atom is 0.347 e. The molecule has 1 heterocycles. The number of carbonyl (C=O) groups is 1. The first-order valence-corrected chi connectivity index (χ1v) is 5.97. The molecular weight excluding hydrogens is 258 g/mol. The third-order valence-corrected chi connectivity index (χ3v) is 3.23. The first kappa shape index (κ1) is 11.8. The van der Waals surface area contributed by atoms with Crippen molar-refractivity contribution in [2.45, 2.75) is 0 Å². The number of rotatable bonds is 3. The molecule has 3 nitrogen and oxygen atoms in total. The Bertz CT molecular complexity index is 560. The molecule has 2 rings (SSSR count). The minimum Gasteiger partial charge on any atom is -0.477 e. The summed E-state index contributed by atoms with van der Waals surface area (Å²) in [7, 11) is 0. The Morgan fingerprint density at radius 2 is 2.00 bits per heavy atom. The second kappa shape index (κ2) is 5.12. The van der Waals surface area contributed by atoms with Gasteiger partial charge in [0.05, 0.1) is 6.20 Å². The standard InChI is InChI=1S/C12H8ClNO2S/c13-9-4-1-8(2-5-9)3-6-11-14-7-10(17-11)12(15)16/h1-7H,(H,15,16)/b6-3+. The molecular formula is C12H8ClNO2S. The van der Waals surface area contributed by atoms with Crippen LogP contribution in [0.3, 0.4) is 0 Å². The highest BCUT2D eigenvalue weighted by atomic mass is 35.5. The number of nitrogens with zero attached hydrogens (tertiary/aromatic N) is 1. The molecule has 2 aromatic rings. The van der Waals surface area contributed by atoms with E-state index in [4.69, 9.17) is 16.7 Å². The molecule has 0 radical (unpaired) electrons. The van der Waals surface area contributed by atoms with E-state index < -0.39 is 5.97 Å². The number of carboxylic acids is 1. The van der Waals surface area contributed by atoms with E-state index in [0.29, 0.717) is 10.0 Å². The monoisotopic (exact) mass is 265 g/mol. The zero-order chi connectivity index (χ0) is 12.3. The van der Waals surface area contributed by atoms with Crippen molar-refractivity contribution in [3.05, 3.63) is 50.9 Å². The fourth-order valence-corrected chi connectivity index (χ4v) is 1.99. The van der Waals surface area contributed by atoms with E-state index in [-0.39, 0.29) is 4.88 Å². The summed E-state index contributed by atoms with van der Waals surface area (Å²) in [5.74, 6) is -0.950. The van der Waals surface area contributed by atoms with Crippen molar-refractivity contribution in [2.24, 2.45) is 0 Å². The lowest BCUT2D eigenvalue weighted by atomic mass is 10.2. The van der Waals surface area contributed by atoms with Gasteiger partial charge in [-0.1, -0.05) is 29.8 Å². The van der Waals surface area contributed by atoms with Gasteiger partial charge in [-0.25, -0.2) is 9.78 Å². The average Bonchev–Trinajstić information content (AvgIpc) is 2.77. The van der Waals surface area contributed by atoms with Crippen LogP contribution in [-0.4, -0.2) is 16.1 Å². The zero-order valence-electron chi connectivity index (χ0n) is 8.63. The van der Waals surface area contributed by atoms with Gasteiger partial charge in [-0.2, -0.15) is 0 Å². The van der Waals surface area contributed by atoms with Crippen molar-refractivity contribution in [1.82, 2.24) is 4.98 Å². The molecule has 0 saturated carbocycles. The molecule has 1 aromatic carbocycles. The van der Waals surface area contributed by atoms with Crippen LogP contribution in [0.15, 0.2) is 30.5 Å². The first-order chi connectivity index (χ1) is 8.15. The quantitative estimate of drug-likeness (QED) is 0.921. The molecule has 0 unspecified atom stereocenters. The number of carboxylic acid groups (broad SMARTS) is 1. The summed E-state index contributed by atoms with van der Waals surface area (Å²) >= 11 is 6.91. The Labute approximate surface area is 107 Å². The second-order valence-electron chi connectivity index (χ2n) is 3.25. The topological polar surface area (TPSA) is 50.2 Å². The van der Waals surface area contributed by atoms with Crippen LogP contribution in [-0.2, 0) is 0 Å². The van der Waals surface area contributed by atoms with Crippen molar-refractivity contribution in [2.75, 3.05) is 0 Å². The van der Waals surface area contributed by atoms with Crippen molar-refractivity contribution in [3.63, 3.8) is 0 Å². The largest absolute Gasteiger partial charge is 0.477 e. The Kier molecular flexibility index (Phi) is 3.56. The number of thiazole rings is 1. The lowest BCUT2D eigenvalue weighted by molar-refractivity contribution is 0.0702.